The first kappa shape index (κ1) is 12.2. The number of ether oxygens (including phenoxy) is 2. The zero-order valence-electron chi connectivity index (χ0n) is 9.49. The normalized spacial score (nSPS) is 9.56. The number of methoxy groups -OCH3 is 1. The van der Waals surface area contributed by atoms with Crippen molar-refractivity contribution in [2.24, 2.45) is 0 Å². The van der Waals surface area contributed by atoms with Crippen LogP contribution in [0.25, 0.3) is 0 Å². The summed E-state index contributed by atoms with van der Waals surface area (Å²) in [6.07, 6.45) is 1.61. The lowest BCUT2D eigenvalue weighted by molar-refractivity contribution is 0.184. The lowest BCUT2D eigenvalue weighted by Crippen LogP contribution is -2.03. The fourth-order valence-electron chi connectivity index (χ4n) is 1.34. The highest BCUT2D eigenvalue weighted by Gasteiger charge is 2.11. The molecule has 0 bridgehead atoms. The third-order valence-corrected chi connectivity index (χ3v) is 1.95. The van der Waals surface area contributed by atoms with Gasteiger partial charge in [-0.05, 0) is 13.0 Å². The van der Waals surface area contributed by atoms with Crippen LogP contribution in [0.5, 0.6) is 5.88 Å². The van der Waals surface area contributed by atoms with Crippen molar-refractivity contribution in [2.75, 3.05) is 13.7 Å². The van der Waals surface area contributed by atoms with E-state index in [1.54, 1.807) is 13.2 Å². The average Bonchev–Trinajstić information content (AvgIpc) is 2.26. The fourth-order valence-corrected chi connectivity index (χ4v) is 1.34. The second-order valence-electron chi connectivity index (χ2n) is 3.25. The van der Waals surface area contributed by atoms with Crippen LogP contribution in [0.4, 0.5) is 0 Å². The third-order valence-electron chi connectivity index (χ3n) is 1.95. The summed E-state index contributed by atoms with van der Waals surface area (Å²) in [5, 5.41) is 9.06. The largest absolute Gasteiger partial charge is 0.472 e. The van der Waals surface area contributed by atoms with Gasteiger partial charge in [-0.2, -0.15) is 5.26 Å². The molecule has 1 rings (SSSR count). The molecular formula is C12H14N2O2. The molecule has 0 amide bonds. The van der Waals surface area contributed by atoms with Gasteiger partial charge in [-0.1, -0.05) is 12.7 Å². The highest BCUT2D eigenvalue weighted by atomic mass is 16.5. The minimum atomic E-state index is 0.331. The van der Waals surface area contributed by atoms with Gasteiger partial charge >= 0.3 is 0 Å². The molecule has 4 nitrogen and oxygen atoms in total. The Morgan fingerprint density at radius 3 is 2.94 bits per heavy atom. The number of hydrogen-bond acceptors (Lipinski definition) is 4. The van der Waals surface area contributed by atoms with Crippen LogP contribution in [0.2, 0.25) is 0 Å². The van der Waals surface area contributed by atoms with E-state index in [-0.39, 0.29) is 0 Å². The van der Waals surface area contributed by atoms with Crippen LogP contribution in [-0.2, 0) is 11.3 Å². The molecule has 4 heteroatoms. The van der Waals surface area contributed by atoms with Gasteiger partial charge in [0.25, 0.3) is 0 Å². The SMILES string of the molecule is C=CCOc1nc(C)cc(COC)c1C#N. The summed E-state index contributed by atoms with van der Waals surface area (Å²) in [4.78, 5) is 4.18. The van der Waals surface area contributed by atoms with Gasteiger partial charge in [0.2, 0.25) is 5.88 Å². The first-order chi connectivity index (χ1) is 7.72. The Kier molecular flexibility index (Phi) is 4.49. The first-order valence-electron chi connectivity index (χ1n) is 4.86. The average molecular weight is 218 g/mol. The smallest absolute Gasteiger partial charge is 0.232 e. The first-order valence-corrected chi connectivity index (χ1v) is 4.86. The highest BCUT2D eigenvalue weighted by molar-refractivity contribution is 5.45. The van der Waals surface area contributed by atoms with Crippen molar-refractivity contribution < 1.29 is 9.47 Å². The van der Waals surface area contributed by atoms with Crippen LogP contribution in [0.3, 0.4) is 0 Å². The summed E-state index contributed by atoms with van der Waals surface area (Å²) in [5.74, 6) is 0.342. The van der Waals surface area contributed by atoms with E-state index in [0.717, 1.165) is 11.3 Å². The maximum absolute atomic E-state index is 9.06. The summed E-state index contributed by atoms with van der Waals surface area (Å²) in [5.41, 5.74) is 2.01. The molecule has 1 heterocycles. The van der Waals surface area contributed by atoms with E-state index in [2.05, 4.69) is 17.6 Å². The van der Waals surface area contributed by atoms with Gasteiger partial charge in [-0.25, -0.2) is 4.98 Å². The number of hydrogen-bond donors (Lipinski definition) is 0. The number of nitrogens with zero attached hydrogens (tertiary/aromatic N) is 2. The van der Waals surface area contributed by atoms with Crippen LogP contribution in [0.15, 0.2) is 18.7 Å². The standard InChI is InChI=1S/C12H14N2O2/c1-4-5-16-12-11(7-13)10(8-15-3)6-9(2)14-12/h4,6H,1,5,8H2,2-3H3. The van der Waals surface area contributed by atoms with Crippen molar-refractivity contribution in [2.45, 2.75) is 13.5 Å². The van der Waals surface area contributed by atoms with E-state index in [4.69, 9.17) is 14.7 Å². The summed E-state index contributed by atoms with van der Waals surface area (Å²) in [7, 11) is 1.58. The van der Waals surface area contributed by atoms with Crippen LogP contribution in [0.1, 0.15) is 16.8 Å². The molecule has 0 aliphatic heterocycles. The molecule has 16 heavy (non-hydrogen) atoms. The van der Waals surface area contributed by atoms with Gasteiger partial charge < -0.3 is 9.47 Å². The van der Waals surface area contributed by atoms with Gasteiger partial charge in [0.1, 0.15) is 18.2 Å². The van der Waals surface area contributed by atoms with Gasteiger partial charge in [0.15, 0.2) is 0 Å². The second-order valence-corrected chi connectivity index (χ2v) is 3.25. The van der Waals surface area contributed by atoms with Crippen molar-refractivity contribution in [3.63, 3.8) is 0 Å². The molecule has 0 spiro atoms. The Morgan fingerprint density at radius 2 is 2.38 bits per heavy atom. The van der Waals surface area contributed by atoms with Gasteiger partial charge in [0.05, 0.1) is 6.61 Å². The van der Waals surface area contributed by atoms with Gasteiger partial charge in [-0.3, -0.25) is 0 Å². The van der Waals surface area contributed by atoms with Crippen molar-refractivity contribution in [3.05, 3.63) is 35.5 Å². The molecule has 0 saturated carbocycles. The maximum Gasteiger partial charge on any atom is 0.232 e. The van der Waals surface area contributed by atoms with Crippen molar-refractivity contribution in [3.8, 4) is 11.9 Å². The van der Waals surface area contributed by atoms with Crippen LogP contribution in [0, 0.1) is 18.3 Å². The lowest BCUT2D eigenvalue weighted by atomic mass is 10.1. The van der Waals surface area contributed by atoms with Crippen molar-refractivity contribution in [1.82, 2.24) is 4.98 Å². The van der Waals surface area contributed by atoms with Crippen LogP contribution < -0.4 is 4.74 Å². The molecule has 0 aliphatic carbocycles. The highest BCUT2D eigenvalue weighted by Crippen LogP contribution is 2.21. The van der Waals surface area contributed by atoms with Crippen molar-refractivity contribution >= 4 is 0 Å². The molecule has 0 atom stereocenters. The zero-order chi connectivity index (χ0) is 12.0. The Bertz CT molecular complexity index is 422. The quantitative estimate of drug-likeness (QED) is 0.709. The number of rotatable bonds is 5. The van der Waals surface area contributed by atoms with E-state index >= 15 is 0 Å². The Hall–Kier alpha value is -1.86. The number of aromatic nitrogens is 1. The molecule has 84 valence electrons. The predicted molar refractivity (Wildman–Crippen MR) is 60.1 cm³/mol. The Balaban J connectivity index is 3.14. The summed E-state index contributed by atoms with van der Waals surface area (Å²) < 4.78 is 10.4. The third kappa shape index (κ3) is 2.81. The van der Waals surface area contributed by atoms with E-state index in [1.807, 2.05) is 13.0 Å². The molecule has 0 unspecified atom stereocenters. The molecular weight excluding hydrogens is 204 g/mol. The lowest BCUT2D eigenvalue weighted by Gasteiger charge is -2.09. The molecule has 0 radical (unpaired) electrons. The molecule has 0 fully saturated rings. The number of aryl methyl sites for hydroxylation is 1. The summed E-state index contributed by atoms with van der Waals surface area (Å²) in [6, 6.07) is 3.91. The number of nitriles is 1. The minimum Gasteiger partial charge on any atom is -0.472 e. The Labute approximate surface area is 95.1 Å². The van der Waals surface area contributed by atoms with E-state index in [1.165, 1.54) is 0 Å². The summed E-state index contributed by atoms with van der Waals surface area (Å²) >= 11 is 0. The zero-order valence-corrected chi connectivity index (χ0v) is 9.49. The monoisotopic (exact) mass is 218 g/mol. The van der Waals surface area contributed by atoms with E-state index < -0.39 is 0 Å². The molecule has 0 aliphatic rings. The second kappa shape index (κ2) is 5.89. The molecule has 0 aromatic carbocycles. The summed E-state index contributed by atoms with van der Waals surface area (Å²) in [6.45, 7) is 6.10. The van der Waals surface area contributed by atoms with E-state index in [9.17, 15) is 0 Å². The molecule has 0 saturated heterocycles. The van der Waals surface area contributed by atoms with Crippen LogP contribution >= 0.6 is 0 Å². The topological polar surface area (TPSA) is 55.1 Å². The minimum absolute atomic E-state index is 0.331. The molecule has 0 N–H and O–H groups in total. The Morgan fingerprint density at radius 1 is 1.62 bits per heavy atom. The van der Waals surface area contributed by atoms with Gasteiger partial charge in [0, 0.05) is 18.4 Å². The number of pyridine rings is 1. The molecule has 1 aromatic heterocycles. The van der Waals surface area contributed by atoms with Crippen molar-refractivity contribution in [1.29, 1.82) is 5.26 Å². The maximum atomic E-state index is 9.06. The predicted octanol–water partition coefficient (Wildman–Crippen LogP) is 1.97. The fraction of sp³-hybridized carbons (Fsp3) is 0.333. The van der Waals surface area contributed by atoms with E-state index in [0.29, 0.717) is 24.7 Å². The van der Waals surface area contributed by atoms with Gasteiger partial charge in [-0.15, -0.1) is 0 Å². The molecule has 1 aromatic rings. The van der Waals surface area contributed by atoms with Crippen LogP contribution in [-0.4, -0.2) is 18.7 Å².